The fourth-order valence-corrected chi connectivity index (χ4v) is 2.37. The van der Waals surface area contributed by atoms with Gasteiger partial charge in [0.15, 0.2) is 5.82 Å². The minimum Gasteiger partial charge on any atom is -0.398 e. The summed E-state index contributed by atoms with van der Waals surface area (Å²) in [6, 6.07) is 5.60. The molecule has 0 saturated heterocycles. The number of nitrogens with two attached hydrogens (primary N) is 1. The van der Waals surface area contributed by atoms with Crippen LogP contribution >= 0.6 is 11.6 Å². The molecule has 0 unspecified atom stereocenters. The lowest BCUT2D eigenvalue weighted by molar-refractivity contribution is 0.526. The first-order valence-corrected chi connectivity index (χ1v) is 6.11. The normalized spacial score (nSPS) is 14.6. The first kappa shape index (κ1) is 10.6. The average molecular weight is 249 g/mol. The molecular formula is C12H13ClN4. The topological polar surface area (TPSA) is 56.7 Å². The highest BCUT2D eigenvalue weighted by Crippen LogP contribution is 2.27. The number of hydrogen-bond acceptors (Lipinski definition) is 3. The van der Waals surface area contributed by atoms with Crippen molar-refractivity contribution in [2.24, 2.45) is 0 Å². The van der Waals surface area contributed by atoms with E-state index in [4.69, 9.17) is 17.3 Å². The summed E-state index contributed by atoms with van der Waals surface area (Å²) in [7, 11) is 0. The zero-order chi connectivity index (χ0) is 11.8. The Hall–Kier alpha value is -1.55. The van der Waals surface area contributed by atoms with Crippen molar-refractivity contribution in [2.75, 3.05) is 5.73 Å². The molecule has 3 rings (SSSR count). The molecule has 2 heterocycles. The molecule has 0 aliphatic carbocycles. The quantitative estimate of drug-likeness (QED) is 0.789. The van der Waals surface area contributed by atoms with E-state index < -0.39 is 0 Å². The Balaban J connectivity index is 2.09. The molecule has 0 spiro atoms. The van der Waals surface area contributed by atoms with Gasteiger partial charge in [0.25, 0.3) is 0 Å². The second-order valence-electron chi connectivity index (χ2n) is 4.28. The van der Waals surface area contributed by atoms with Gasteiger partial charge in [0.2, 0.25) is 0 Å². The number of hydrogen-bond donors (Lipinski definition) is 1. The van der Waals surface area contributed by atoms with E-state index in [2.05, 4.69) is 14.8 Å². The molecule has 0 atom stereocenters. The standard InChI is InChI=1S/C12H13ClN4/c13-9-7-8(4-5-10(9)14)12-16-15-11-3-1-2-6-17(11)12/h4-5,7H,1-3,6,14H2. The summed E-state index contributed by atoms with van der Waals surface area (Å²) in [5, 5.41) is 9.04. The highest BCUT2D eigenvalue weighted by molar-refractivity contribution is 6.33. The molecule has 0 radical (unpaired) electrons. The number of fused-ring (bicyclic) bond motifs is 1. The first-order valence-electron chi connectivity index (χ1n) is 5.73. The van der Waals surface area contributed by atoms with Crippen LogP contribution in [0, 0.1) is 0 Å². The number of anilines is 1. The zero-order valence-electron chi connectivity index (χ0n) is 9.36. The number of nitrogens with zero attached hydrogens (tertiary/aromatic N) is 3. The Morgan fingerprint density at radius 3 is 2.94 bits per heavy atom. The fraction of sp³-hybridized carbons (Fsp3) is 0.333. The molecule has 5 heteroatoms. The highest BCUT2D eigenvalue weighted by Gasteiger charge is 2.17. The summed E-state index contributed by atoms with van der Waals surface area (Å²) in [5.74, 6) is 1.96. The van der Waals surface area contributed by atoms with Crippen LogP contribution in [0.25, 0.3) is 11.4 Å². The van der Waals surface area contributed by atoms with Gasteiger partial charge in [-0.2, -0.15) is 0 Å². The van der Waals surface area contributed by atoms with E-state index in [0.29, 0.717) is 10.7 Å². The van der Waals surface area contributed by atoms with Gasteiger partial charge >= 0.3 is 0 Å². The molecule has 1 aromatic carbocycles. The maximum absolute atomic E-state index is 6.03. The van der Waals surface area contributed by atoms with Gasteiger partial charge in [0.05, 0.1) is 10.7 Å². The van der Waals surface area contributed by atoms with E-state index in [9.17, 15) is 0 Å². The molecule has 17 heavy (non-hydrogen) atoms. The van der Waals surface area contributed by atoms with Crippen molar-refractivity contribution in [1.82, 2.24) is 14.8 Å². The van der Waals surface area contributed by atoms with Gasteiger partial charge in [-0.3, -0.25) is 0 Å². The van der Waals surface area contributed by atoms with Gasteiger partial charge in [0.1, 0.15) is 5.82 Å². The largest absolute Gasteiger partial charge is 0.398 e. The van der Waals surface area contributed by atoms with Crippen LogP contribution in [0.1, 0.15) is 18.7 Å². The van der Waals surface area contributed by atoms with Gasteiger partial charge in [-0.25, -0.2) is 0 Å². The molecule has 0 bridgehead atoms. The summed E-state index contributed by atoms with van der Waals surface area (Å²) in [4.78, 5) is 0. The first-order chi connectivity index (χ1) is 8.25. The molecule has 0 fully saturated rings. The van der Waals surface area contributed by atoms with Crippen LogP contribution in [-0.2, 0) is 13.0 Å². The molecule has 1 aliphatic heterocycles. The van der Waals surface area contributed by atoms with Crippen molar-refractivity contribution in [1.29, 1.82) is 0 Å². The second kappa shape index (κ2) is 4.04. The van der Waals surface area contributed by atoms with Crippen LogP contribution in [0.3, 0.4) is 0 Å². The van der Waals surface area contributed by atoms with Crippen molar-refractivity contribution in [3.05, 3.63) is 29.0 Å². The predicted molar refractivity (Wildman–Crippen MR) is 67.8 cm³/mol. The molecule has 0 amide bonds. The molecular weight excluding hydrogens is 236 g/mol. The lowest BCUT2D eigenvalue weighted by Crippen LogP contribution is -2.11. The number of nitrogen functional groups attached to an aromatic ring is 1. The maximum atomic E-state index is 6.03. The Bertz CT molecular complexity index is 562. The van der Waals surface area contributed by atoms with Crippen LogP contribution in [0.15, 0.2) is 18.2 Å². The van der Waals surface area contributed by atoms with E-state index >= 15 is 0 Å². The SMILES string of the molecule is Nc1ccc(-c2nnc3n2CCCC3)cc1Cl. The minimum absolute atomic E-state index is 0.565. The molecule has 4 nitrogen and oxygen atoms in total. The summed E-state index contributed by atoms with van der Waals surface area (Å²) in [5.41, 5.74) is 7.27. The Labute approximate surface area is 104 Å². The summed E-state index contributed by atoms with van der Waals surface area (Å²) in [6.07, 6.45) is 3.39. The third-order valence-electron chi connectivity index (χ3n) is 3.12. The van der Waals surface area contributed by atoms with Gasteiger partial charge in [-0.15, -0.1) is 10.2 Å². The Morgan fingerprint density at radius 1 is 1.24 bits per heavy atom. The van der Waals surface area contributed by atoms with Gasteiger partial charge < -0.3 is 10.3 Å². The zero-order valence-corrected chi connectivity index (χ0v) is 10.1. The van der Waals surface area contributed by atoms with E-state index in [1.54, 1.807) is 0 Å². The van der Waals surface area contributed by atoms with E-state index in [1.165, 1.54) is 12.8 Å². The molecule has 1 aliphatic rings. The van der Waals surface area contributed by atoms with Gasteiger partial charge in [0, 0.05) is 18.5 Å². The van der Waals surface area contributed by atoms with Crippen molar-refractivity contribution in [2.45, 2.75) is 25.8 Å². The predicted octanol–water partition coefficient (Wildman–Crippen LogP) is 2.52. The van der Waals surface area contributed by atoms with Crippen LogP contribution in [-0.4, -0.2) is 14.8 Å². The average Bonchev–Trinajstić information content (AvgIpc) is 2.76. The number of benzene rings is 1. The maximum Gasteiger partial charge on any atom is 0.164 e. The van der Waals surface area contributed by atoms with Crippen LogP contribution in [0.2, 0.25) is 5.02 Å². The van der Waals surface area contributed by atoms with Crippen molar-refractivity contribution in [3.63, 3.8) is 0 Å². The Kier molecular flexibility index (Phi) is 2.52. The van der Waals surface area contributed by atoms with E-state index in [-0.39, 0.29) is 0 Å². The van der Waals surface area contributed by atoms with Gasteiger partial charge in [-0.1, -0.05) is 11.6 Å². The van der Waals surface area contributed by atoms with Gasteiger partial charge in [-0.05, 0) is 31.0 Å². The number of halogens is 1. The van der Waals surface area contributed by atoms with Crippen LogP contribution < -0.4 is 5.73 Å². The molecule has 88 valence electrons. The summed E-state index contributed by atoms with van der Waals surface area (Å²) < 4.78 is 2.17. The van der Waals surface area contributed by atoms with E-state index in [0.717, 1.165) is 30.2 Å². The minimum atomic E-state index is 0.565. The number of aryl methyl sites for hydroxylation is 1. The van der Waals surface area contributed by atoms with Crippen molar-refractivity contribution < 1.29 is 0 Å². The molecule has 2 N–H and O–H groups in total. The fourth-order valence-electron chi connectivity index (χ4n) is 2.19. The third-order valence-corrected chi connectivity index (χ3v) is 3.45. The lowest BCUT2D eigenvalue weighted by atomic mass is 10.1. The lowest BCUT2D eigenvalue weighted by Gasteiger charge is -2.14. The molecule has 1 aromatic heterocycles. The van der Waals surface area contributed by atoms with E-state index in [1.807, 2.05) is 18.2 Å². The molecule has 0 saturated carbocycles. The van der Waals surface area contributed by atoms with Crippen LogP contribution in [0.5, 0.6) is 0 Å². The highest BCUT2D eigenvalue weighted by atomic mass is 35.5. The van der Waals surface area contributed by atoms with Crippen LogP contribution in [0.4, 0.5) is 5.69 Å². The third kappa shape index (κ3) is 1.78. The monoisotopic (exact) mass is 248 g/mol. The number of aromatic nitrogens is 3. The molecule has 2 aromatic rings. The smallest absolute Gasteiger partial charge is 0.164 e. The summed E-state index contributed by atoms with van der Waals surface area (Å²) >= 11 is 6.03. The number of rotatable bonds is 1. The van der Waals surface area contributed by atoms with Crippen molar-refractivity contribution >= 4 is 17.3 Å². The second-order valence-corrected chi connectivity index (χ2v) is 4.69. The Morgan fingerprint density at radius 2 is 2.12 bits per heavy atom. The summed E-state index contributed by atoms with van der Waals surface area (Å²) in [6.45, 7) is 0.986. The van der Waals surface area contributed by atoms with Crippen molar-refractivity contribution in [3.8, 4) is 11.4 Å².